The lowest BCUT2D eigenvalue weighted by molar-refractivity contribution is -0.148. The Bertz CT molecular complexity index is 435. The maximum absolute atomic E-state index is 12.1. The molecule has 1 aliphatic heterocycles. The van der Waals surface area contributed by atoms with Crippen LogP contribution in [0.25, 0.3) is 0 Å². The molecule has 1 aromatic rings. The summed E-state index contributed by atoms with van der Waals surface area (Å²) >= 11 is 0. The van der Waals surface area contributed by atoms with Gasteiger partial charge in [0.1, 0.15) is 12.6 Å². The lowest BCUT2D eigenvalue weighted by atomic mass is 9.82. The molecule has 0 aromatic heterocycles. The third-order valence-corrected chi connectivity index (χ3v) is 4.15. The van der Waals surface area contributed by atoms with Crippen molar-refractivity contribution in [1.82, 2.24) is 10.9 Å². The van der Waals surface area contributed by atoms with E-state index in [4.69, 9.17) is 4.74 Å². The molecule has 2 N–H and O–H groups in total. The van der Waals surface area contributed by atoms with Crippen LogP contribution >= 0.6 is 0 Å². The van der Waals surface area contributed by atoms with Crippen molar-refractivity contribution in [2.75, 3.05) is 0 Å². The molecule has 1 saturated carbocycles. The van der Waals surface area contributed by atoms with E-state index in [1.807, 2.05) is 30.3 Å². The van der Waals surface area contributed by atoms with Crippen LogP contribution in [0.4, 0.5) is 0 Å². The van der Waals surface area contributed by atoms with Crippen molar-refractivity contribution >= 4 is 5.97 Å². The first-order valence-corrected chi connectivity index (χ1v) is 7.06. The number of hydrogen-bond donors (Lipinski definition) is 2. The van der Waals surface area contributed by atoms with Gasteiger partial charge in [0.25, 0.3) is 0 Å². The van der Waals surface area contributed by atoms with E-state index in [-0.39, 0.29) is 12.0 Å². The molecular formula is C15H20N2O2. The van der Waals surface area contributed by atoms with Crippen LogP contribution in [-0.2, 0) is 16.1 Å². The van der Waals surface area contributed by atoms with E-state index in [2.05, 4.69) is 10.9 Å². The third kappa shape index (κ3) is 2.80. The molecule has 3 rings (SSSR count). The van der Waals surface area contributed by atoms with Gasteiger partial charge < -0.3 is 4.74 Å². The van der Waals surface area contributed by atoms with Crippen LogP contribution in [0.15, 0.2) is 30.3 Å². The number of benzene rings is 1. The zero-order valence-electron chi connectivity index (χ0n) is 11.0. The summed E-state index contributed by atoms with van der Waals surface area (Å²) in [5.41, 5.74) is 7.38. The van der Waals surface area contributed by atoms with Gasteiger partial charge in [-0.1, -0.05) is 43.2 Å². The van der Waals surface area contributed by atoms with E-state index in [0.717, 1.165) is 18.4 Å². The predicted octanol–water partition coefficient (Wildman–Crippen LogP) is 1.76. The highest BCUT2D eigenvalue weighted by Gasteiger charge is 2.41. The van der Waals surface area contributed by atoms with Gasteiger partial charge in [-0.2, -0.15) is 0 Å². The van der Waals surface area contributed by atoms with E-state index >= 15 is 0 Å². The number of carbonyl (C=O) groups excluding carboxylic acids is 1. The molecular weight excluding hydrogens is 240 g/mol. The fraction of sp³-hybridized carbons (Fsp3) is 0.533. The first-order valence-electron chi connectivity index (χ1n) is 7.06. The van der Waals surface area contributed by atoms with E-state index in [1.165, 1.54) is 12.8 Å². The Morgan fingerprint density at radius 1 is 1.16 bits per heavy atom. The molecule has 3 atom stereocenters. The molecule has 0 amide bonds. The lowest BCUT2D eigenvalue weighted by Crippen LogP contribution is -2.39. The van der Waals surface area contributed by atoms with E-state index in [9.17, 15) is 4.79 Å². The fourth-order valence-corrected chi connectivity index (χ4v) is 3.09. The van der Waals surface area contributed by atoms with E-state index in [1.54, 1.807) is 0 Å². The molecule has 1 aromatic carbocycles. The third-order valence-electron chi connectivity index (χ3n) is 4.15. The summed E-state index contributed by atoms with van der Waals surface area (Å²) in [5.74, 6) is 0.253. The molecule has 0 spiro atoms. The number of nitrogens with one attached hydrogen (secondary N) is 2. The predicted molar refractivity (Wildman–Crippen MR) is 72.0 cm³/mol. The monoisotopic (exact) mass is 260 g/mol. The van der Waals surface area contributed by atoms with Gasteiger partial charge >= 0.3 is 5.97 Å². The molecule has 4 heteroatoms. The van der Waals surface area contributed by atoms with Crippen molar-refractivity contribution in [2.24, 2.45) is 5.92 Å². The molecule has 0 radical (unpaired) electrons. The zero-order valence-corrected chi connectivity index (χ0v) is 11.0. The Balaban J connectivity index is 1.56. The summed E-state index contributed by atoms with van der Waals surface area (Å²) in [5, 5.41) is 0. The first-order chi connectivity index (χ1) is 9.34. The minimum Gasteiger partial charge on any atom is -0.460 e. The molecule has 4 nitrogen and oxygen atoms in total. The second-order valence-electron chi connectivity index (χ2n) is 5.41. The first kappa shape index (κ1) is 12.6. The Kier molecular flexibility index (Phi) is 3.80. The molecule has 1 saturated heterocycles. The lowest BCUT2D eigenvalue weighted by Gasteiger charge is -2.26. The Morgan fingerprint density at radius 3 is 2.79 bits per heavy atom. The summed E-state index contributed by atoms with van der Waals surface area (Å²) in [6, 6.07) is 10.1. The van der Waals surface area contributed by atoms with Gasteiger partial charge in [0, 0.05) is 12.0 Å². The van der Waals surface area contributed by atoms with Gasteiger partial charge in [-0.25, -0.2) is 5.43 Å². The maximum Gasteiger partial charge on any atom is 0.325 e. The van der Waals surface area contributed by atoms with Crippen molar-refractivity contribution in [3.63, 3.8) is 0 Å². The normalized spacial score (nSPS) is 29.8. The topological polar surface area (TPSA) is 50.4 Å². The van der Waals surface area contributed by atoms with Gasteiger partial charge in [0.2, 0.25) is 0 Å². The highest BCUT2D eigenvalue weighted by atomic mass is 16.5. The summed E-state index contributed by atoms with van der Waals surface area (Å²) in [6.45, 7) is 0.356. The van der Waals surface area contributed by atoms with Gasteiger partial charge in [-0.3, -0.25) is 10.2 Å². The average Bonchev–Trinajstić information content (AvgIpc) is 2.90. The maximum atomic E-state index is 12.1. The fourth-order valence-electron chi connectivity index (χ4n) is 3.09. The highest BCUT2D eigenvalue weighted by molar-refractivity contribution is 5.76. The summed E-state index contributed by atoms with van der Waals surface area (Å²) in [4.78, 5) is 12.1. The number of carbonyl (C=O) groups is 1. The quantitative estimate of drug-likeness (QED) is 0.813. The zero-order chi connectivity index (χ0) is 13.1. The van der Waals surface area contributed by atoms with E-state index in [0.29, 0.717) is 18.6 Å². The van der Waals surface area contributed by atoms with Crippen LogP contribution in [0.1, 0.15) is 31.2 Å². The molecule has 2 aliphatic rings. The minimum absolute atomic E-state index is 0.134. The molecule has 19 heavy (non-hydrogen) atoms. The van der Waals surface area contributed by atoms with Crippen LogP contribution in [-0.4, -0.2) is 18.1 Å². The highest BCUT2D eigenvalue weighted by Crippen LogP contribution is 2.30. The second-order valence-corrected chi connectivity index (χ2v) is 5.41. The van der Waals surface area contributed by atoms with Crippen LogP contribution in [0.3, 0.4) is 0 Å². The largest absolute Gasteiger partial charge is 0.460 e. The van der Waals surface area contributed by atoms with Crippen molar-refractivity contribution < 1.29 is 9.53 Å². The number of esters is 1. The number of rotatable bonds is 3. The Labute approximate surface area is 113 Å². The van der Waals surface area contributed by atoms with Crippen LogP contribution in [0, 0.1) is 5.92 Å². The smallest absolute Gasteiger partial charge is 0.325 e. The van der Waals surface area contributed by atoms with Crippen molar-refractivity contribution in [3.05, 3.63) is 35.9 Å². The summed E-state index contributed by atoms with van der Waals surface area (Å²) in [6.07, 6.45) is 4.73. The molecule has 1 heterocycles. The molecule has 3 unspecified atom stereocenters. The number of fused-ring (bicyclic) bond motifs is 1. The van der Waals surface area contributed by atoms with Gasteiger partial charge in [-0.15, -0.1) is 0 Å². The van der Waals surface area contributed by atoms with Gasteiger partial charge in [-0.05, 0) is 18.4 Å². The van der Waals surface area contributed by atoms with Crippen molar-refractivity contribution in [1.29, 1.82) is 0 Å². The standard InChI is InChI=1S/C15H20N2O2/c18-15(19-10-11-6-2-1-3-7-11)14-12-8-4-5-9-13(12)16-17-14/h1-3,6-7,12-14,16-17H,4-5,8-10H2. The van der Waals surface area contributed by atoms with Crippen LogP contribution in [0.2, 0.25) is 0 Å². The second kappa shape index (κ2) is 5.72. The summed E-state index contributed by atoms with van der Waals surface area (Å²) in [7, 11) is 0. The number of hydrogen-bond acceptors (Lipinski definition) is 4. The van der Waals surface area contributed by atoms with Gasteiger partial charge in [0.15, 0.2) is 0 Å². The Morgan fingerprint density at radius 2 is 1.95 bits per heavy atom. The van der Waals surface area contributed by atoms with Crippen molar-refractivity contribution in [2.45, 2.75) is 44.4 Å². The molecule has 102 valence electrons. The molecule has 0 bridgehead atoms. The van der Waals surface area contributed by atoms with Crippen LogP contribution in [0.5, 0.6) is 0 Å². The van der Waals surface area contributed by atoms with E-state index < -0.39 is 0 Å². The minimum atomic E-state index is -0.186. The average molecular weight is 260 g/mol. The number of ether oxygens (including phenoxy) is 1. The Hall–Kier alpha value is -1.39. The van der Waals surface area contributed by atoms with Crippen LogP contribution < -0.4 is 10.9 Å². The summed E-state index contributed by atoms with van der Waals surface area (Å²) < 4.78 is 5.42. The molecule has 1 aliphatic carbocycles. The number of hydrazine groups is 1. The molecule has 2 fully saturated rings. The van der Waals surface area contributed by atoms with Crippen molar-refractivity contribution in [3.8, 4) is 0 Å². The SMILES string of the molecule is O=C(OCc1ccccc1)C1NNC2CCCCC21. The van der Waals surface area contributed by atoms with Gasteiger partial charge in [0.05, 0.1) is 0 Å².